The minimum atomic E-state index is 1.01. The average Bonchev–Trinajstić information content (AvgIpc) is 3.18. The maximum Gasteiger partial charge on any atom is 0.0767 e. The molecule has 0 saturated carbocycles. The third-order valence-electron chi connectivity index (χ3n) is 5.76. The second kappa shape index (κ2) is 8.12. The molecule has 0 aliphatic carbocycles. The Bertz CT molecular complexity index is 921. The van der Waals surface area contributed by atoms with Crippen molar-refractivity contribution in [3.05, 3.63) is 75.3 Å². The predicted molar refractivity (Wildman–Crippen MR) is 117 cm³/mol. The first-order chi connectivity index (χ1) is 13.1. The Balaban J connectivity index is 2.39. The van der Waals surface area contributed by atoms with E-state index >= 15 is 0 Å². The van der Waals surface area contributed by atoms with Gasteiger partial charge in [-0.1, -0.05) is 58.0 Å². The van der Waals surface area contributed by atoms with Crippen LogP contribution in [0.15, 0.2) is 52.2 Å². The molecule has 142 valence electrons. The highest BCUT2D eigenvalue weighted by atomic mass is 14.8. The molecule has 2 heterocycles. The minimum absolute atomic E-state index is 1.01. The molecule has 0 fully saturated rings. The number of rotatable bonds is 6. The van der Waals surface area contributed by atoms with E-state index in [0.29, 0.717) is 0 Å². The smallest absolute Gasteiger partial charge is 0.0767 e. The van der Waals surface area contributed by atoms with Gasteiger partial charge in [-0.3, -0.25) is 4.99 Å². The molecule has 27 heavy (non-hydrogen) atoms. The number of H-pyrrole nitrogens is 1. The highest BCUT2D eigenvalue weighted by molar-refractivity contribution is 6.05. The van der Waals surface area contributed by atoms with Crippen LogP contribution in [0, 0.1) is 6.92 Å². The fourth-order valence-electron chi connectivity index (χ4n) is 4.52. The molecule has 2 heteroatoms. The van der Waals surface area contributed by atoms with Crippen molar-refractivity contribution in [1.29, 1.82) is 0 Å². The molecule has 1 aliphatic rings. The molecule has 2 nitrogen and oxygen atoms in total. The van der Waals surface area contributed by atoms with E-state index in [2.05, 4.69) is 76.9 Å². The molecule has 1 aliphatic heterocycles. The summed E-state index contributed by atoms with van der Waals surface area (Å²) in [6, 6.07) is 10.8. The van der Waals surface area contributed by atoms with Gasteiger partial charge in [0.2, 0.25) is 0 Å². The van der Waals surface area contributed by atoms with Crippen LogP contribution in [0.1, 0.15) is 75.5 Å². The molecule has 0 unspecified atom stereocenters. The quantitative estimate of drug-likeness (QED) is 0.587. The first-order valence-electron chi connectivity index (χ1n) is 10.4. The standard InChI is InChI=1S/C25H32N2/c1-7-19-16(5)26-24(21(19)9-3)23(18-14-12-11-13-15-18)25-22(10-4)20(8-2)17(6)27-25/h11-15,26H,7-10H2,1-6H3/b25-23-. The van der Waals surface area contributed by atoms with E-state index < -0.39 is 0 Å². The Hall–Kier alpha value is -2.35. The zero-order valence-electron chi connectivity index (χ0n) is 17.7. The van der Waals surface area contributed by atoms with Crippen LogP contribution in [-0.2, 0) is 12.8 Å². The number of nitrogens with one attached hydrogen (secondary N) is 1. The van der Waals surface area contributed by atoms with E-state index in [4.69, 9.17) is 4.99 Å². The molecule has 1 aromatic heterocycles. The van der Waals surface area contributed by atoms with Crippen molar-refractivity contribution < 1.29 is 0 Å². The fraction of sp³-hybridized carbons (Fsp3) is 0.400. The fourth-order valence-corrected chi connectivity index (χ4v) is 4.52. The largest absolute Gasteiger partial charge is 0.358 e. The molecule has 0 amide bonds. The third kappa shape index (κ3) is 3.34. The summed E-state index contributed by atoms with van der Waals surface area (Å²) in [7, 11) is 0. The van der Waals surface area contributed by atoms with Crippen LogP contribution in [0.2, 0.25) is 0 Å². The molecule has 0 atom stereocenters. The highest BCUT2D eigenvalue weighted by Gasteiger charge is 2.26. The van der Waals surface area contributed by atoms with Gasteiger partial charge in [-0.2, -0.15) is 0 Å². The van der Waals surface area contributed by atoms with Crippen molar-refractivity contribution in [2.75, 3.05) is 0 Å². The third-order valence-corrected chi connectivity index (χ3v) is 5.76. The second-order valence-corrected chi connectivity index (χ2v) is 7.24. The highest BCUT2D eigenvalue weighted by Crippen LogP contribution is 2.40. The first-order valence-corrected chi connectivity index (χ1v) is 10.4. The number of allylic oxidation sites excluding steroid dienone is 2. The second-order valence-electron chi connectivity index (χ2n) is 7.24. The molecule has 0 spiro atoms. The normalized spacial score (nSPS) is 16.1. The summed E-state index contributed by atoms with van der Waals surface area (Å²) in [6.07, 6.45) is 4.13. The molecule has 1 N–H and O–H groups in total. The molecular formula is C25H32N2. The van der Waals surface area contributed by atoms with E-state index in [1.54, 1.807) is 0 Å². The molecule has 0 bridgehead atoms. The van der Waals surface area contributed by atoms with E-state index in [1.165, 1.54) is 50.5 Å². The first kappa shape index (κ1) is 19.4. The van der Waals surface area contributed by atoms with E-state index in [1.807, 2.05) is 0 Å². The summed E-state index contributed by atoms with van der Waals surface area (Å²) >= 11 is 0. The lowest BCUT2D eigenvalue weighted by molar-refractivity contribution is 1.03. The molecule has 0 radical (unpaired) electrons. The number of hydrogen-bond donors (Lipinski definition) is 1. The zero-order valence-corrected chi connectivity index (χ0v) is 17.7. The van der Waals surface area contributed by atoms with Gasteiger partial charge in [0.25, 0.3) is 0 Å². The van der Waals surface area contributed by atoms with Crippen LogP contribution >= 0.6 is 0 Å². The molecule has 2 aromatic rings. The summed E-state index contributed by atoms with van der Waals surface area (Å²) in [5.41, 5.74) is 13.1. The zero-order chi connectivity index (χ0) is 19.6. The Morgan fingerprint density at radius 2 is 1.44 bits per heavy atom. The van der Waals surface area contributed by atoms with Crippen LogP contribution in [0.5, 0.6) is 0 Å². The van der Waals surface area contributed by atoms with Crippen molar-refractivity contribution in [1.82, 2.24) is 4.98 Å². The number of benzene rings is 1. The average molecular weight is 361 g/mol. The van der Waals surface area contributed by atoms with Crippen LogP contribution in [-0.4, -0.2) is 10.7 Å². The van der Waals surface area contributed by atoms with Crippen LogP contribution in [0.3, 0.4) is 0 Å². The molecule has 0 saturated heterocycles. The number of aliphatic imine (C=N–C) groups is 1. The van der Waals surface area contributed by atoms with E-state index in [-0.39, 0.29) is 0 Å². The van der Waals surface area contributed by atoms with Crippen molar-refractivity contribution in [2.45, 2.75) is 67.2 Å². The summed E-state index contributed by atoms with van der Waals surface area (Å²) in [4.78, 5) is 8.82. The number of hydrogen-bond acceptors (Lipinski definition) is 1. The number of aromatic amines is 1. The van der Waals surface area contributed by atoms with Gasteiger partial charge in [0.1, 0.15) is 0 Å². The minimum Gasteiger partial charge on any atom is -0.358 e. The number of nitrogens with zero attached hydrogens (tertiary/aromatic N) is 1. The van der Waals surface area contributed by atoms with Crippen molar-refractivity contribution in [2.24, 2.45) is 4.99 Å². The monoisotopic (exact) mass is 360 g/mol. The maximum atomic E-state index is 5.09. The van der Waals surface area contributed by atoms with Gasteiger partial charge in [-0.25, -0.2) is 0 Å². The lowest BCUT2D eigenvalue weighted by Crippen LogP contribution is -1.99. The summed E-state index contributed by atoms with van der Waals surface area (Å²) in [6.45, 7) is 13.4. The Morgan fingerprint density at radius 1 is 0.815 bits per heavy atom. The van der Waals surface area contributed by atoms with Gasteiger partial charge in [0, 0.05) is 17.0 Å². The SMILES string of the molecule is CCC1=C(CC)/C(=C(\c2ccccc2)c2[nH]c(C)c(CC)c2CC)N=C1C. The van der Waals surface area contributed by atoms with Gasteiger partial charge in [-0.05, 0) is 67.4 Å². The molecule has 1 aromatic carbocycles. The Labute approximate surface area is 164 Å². The van der Waals surface area contributed by atoms with Crippen LogP contribution in [0.4, 0.5) is 0 Å². The summed E-state index contributed by atoms with van der Waals surface area (Å²) in [5, 5.41) is 0. The van der Waals surface area contributed by atoms with Crippen molar-refractivity contribution in [3.8, 4) is 0 Å². The van der Waals surface area contributed by atoms with Gasteiger partial charge in [0.15, 0.2) is 0 Å². The van der Waals surface area contributed by atoms with Crippen molar-refractivity contribution >= 4 is 11.3 Å². The van der Waals surface area contributed by atoms with Gasteiger partial charge in [0.05, 0.1) is 11.4 Å². The predicted octanol–water partition coefficient (Wildman–Crippen LogP) is 6.80. The van der Waals surface area contributed by atoms with Crippen LogP contribution < -0.4 is 0 Å². The maximum absolute atomic E-state index is 5.09. The van der Waals surface area contributed by atoms with E-state index in [9.17, 15) is 0 Å². The topological polar surface area (TPSA) is 28.1 Å². The van der Waals surface area contributed by atoms with E-state index in [0.717, 1.165) is 31.4 Å². The lowest BCUT2D eigenvalue weighted by Gasteiger charge is -2.14. The van der Waals surface area contributed by atoms with Gasteiger partial charge >= 0.3 is 0 Å². The number of aryl methyl sites for hydroxylation is 1. The Morgan fingerprint density at radius 3 is 2.00 bits per heavy atom. The lowest BCUT2D eigenvalue weighted by atomic mass is 9.91. The summed E-state index contributed by atoms with van der Waals surface area (Å²) in [5.74, 6) is 0. The molecule has 3 rings (SSSR count). The Kier molecular flexibility index (Phi) is 5.84. The number of aromatic nitrogens is 1. The van der Waals surface area contributed by atoms with Crippen LogP contribution in [0.25, 0.3) is 5.57 Å². The van der Waals surface area contributed by atoms with Gasteiger partial charge < -0.3 is 4.98 Å². The summed E-state index contributed by atoms with van der Waals surface area (Å²) < 4.78 is 0. The van der Waals surface area contributed by atoms with Crippen molar-refractivity contribution in [3.63, 3.8) is 0 Å². The van der Waals surface area contributed by atoms with Gasteiger partial charge in [-0.15, -0.1) is 0 Å². The molecular weight excluding hydrogens is 328 g/mol.